The molecule has 9 nitrogen and oxygen atoms in total. The van der Waals surface area contributed by atoms with Crippen LogP contribution in [0.4, 0.5) is 0 Å². The lowest BCUT2D eigenvalue weighted by Crippen LogP contribution is -2.21. The van der Waals surface area contributed by atoms with Crippen LogP contribution in [0.1, 0.15) is 130 Å². The second kappa shape index (κ2) is 24.2. The van der Waals surface area contributed by atoms with Gasteiger partial charge in [0.2, 0.25) is 0 Å². The molecule has 2 aromatic carbocycles. The molecule has 0 spiro atoms. The number of benzene rings is 2. The van der Waals surface area contributed by atoms with Gasteiger partial charge in [0, 0.05) is 25.5 Å². The van der Waals surface area contributed by atoms with Crippen LogP contribution >= 0.6 is 0 Å². The van der Waals surface area contributed by atoms with Crippen LogP contribution < -0.4 is 4.74 Å². The van der Waals surface area contributed by atoms with Crippen molar-refractivity contribution in [3.63, 3.8) is 0 Å². The number of hydrogen-bond acceptors (Lipinski definition) is 9. The van der Waals surface area contributed by atoms with Crippen LogP contribution in [0, 0.1) is 6.92 Å². The van der Waals surface area contributed by atoms with E-state index in [2.05, 4.69) is 18.7 Å². The van der Waals surface area contributed by atoms with Gasteiger partial charge in [-0.05, 0) is 126 Å². The number of carbonyl (C=O) groups excluding carboxylic acids is 4. The Kier molecular flexibility index (Phi) is 19.6. The zero-order chi connectivity index (χ0) is 35.8. The van der Waals surface area contributed by atoms with Crippen molar-refractivity contribution in [2.24, 2.45) is 0 Å². The summed E-state index contributed by atoms with van der Waals surface area (Å²) in [5, 5.41) is 0. The summed E-state index contributed by atoms with van der Waals surface area (Å²) in [6, 6.07) is 15.3. The number of aryl methyl sites for hydroxylation is 1. The van der Waals surface area contributed by atoms with Crippen molar-refractivity contribution in [3.05, 3.63) is 77.9 Å². The molecule has 0 aromatic heterocycles. The Morgan fingerprint density at radius 3 is 1.72 bits per heavy atom. The van der Waals surface area contributed by atoms with Gasteiger partial charge in [-0.2, -0.15) is 0 Å². The van der Waals surface area contributed by atoms with Crippen molar-refractivity contribution in [1.82, 2.24) is 0 Å². The molecule has 0 bridgehead atoms. The van der Waals surface area contributed by atoms with Gasteiger partial charge in [-0.1, -0.05) is 42.8 Å². The lowest BCUT2D eigenvalue weighted by molar-refractivity contribution is -0.145. The molecular formula is C41H56O9. The first-order valence-corrected chi connectivity index (χ1v) is 18.4. The molecule has 0 aliphatic heterocycles. The van der Waals surface area contributed by atoms with E-state index in [1.807, 2.05) is 31.2 Å². The summed E-state index contributed by atoms with van der Waals surface area (Å²) < 4.78 is 27.2. The van der Waals surface area contributed by atoms with Crippen molar-refractivity contribution in [2.45, 2.75) is 122 Å². The SMILES string of the molecule is C=CC(=O)OCCCCCC(=O)OCCCCCC(=O)OCCCCCCOC1CCC(c2ccc(OC(=O)c3ccc(C)cc3)cc2)CC1. The van der Waals surface area contributed by atoms with E-state index in [1.54, 1.807) is 12.1 Å². The highest BCUT2D eigenvalue weighted by atomic mass is 16.5. The van der Waals surface area contributed by atoms with Gasteiger partial charge in [0.25, 0.3) is 0 Å². The lowest BCUT2D eigenvalue weighted by atomic mass is 9.83. The molecule has 0 N–H and O–H groups in total. The first kappa shape index (κ1) is 40.4. The predicted octanol–water partition coefficient (Wildman–Crippen LogP) is 8.75. The van der Waals surface area contributed by atoms with Gasteiger partial charge in [0.05, 0.1) is 31.5 Å². The third-order valence-electron chi connectivity index (χ3n) is 8.90. The molecule has 0 unspecified atom stereocenters. The Hall–Kier alpha value is -3.98. The fourth-order valence-electron chi connectivity index (χ4n) is 5.88. The molecule has 274 valence electrons. The first-order chi connectivity index (χ1) is 24.3. The van der Waals surface area contributed by atoms with Gasteiger partial charge in [-0.3, -0.25) is 9.59 Å². The first-order valence-electron chi connectivity index (χ1n) is 18.4. The Bertz CT molecular complexity index is 1290. The normalized spacial score (nSPS) is 15.5. The molecule has 1 aliphatic carbocycles. The van der Waals surface area contributed by atoms with Crippen LogP contribution in [0.2, 0.25) is 0 Å². The van der Waals surface area contributed by atoms with Gasteiger partial charge >= 0.3 is 23.9 Å². The second-order valence-corrected chi connectivity index (χ2v) is 13.0. The van der Waals surface area contributed by atoms with Gasteiger partial charge in [0.15, 0.2) is 0 Å². The van der Waals surface area contributed by atoms with E-state index in [0.29, 0.717) is 68.8 Å². The monoisotopic (exact) mass is 692 g/mol. The number of rotatable bonds is 24. The van der Waals surface area contributed by atoms with E-state index in [-0.39, 0.29) is 17.9 Å². The Morgan fingerprint density at radius 1 is 0.640 bits per heavy atom. The van der Waals surface area contributed by atoms with E-state index in [0.717, 1.165) is 95.3 Å². The van der Waals surface area contributed by atoms with Crippen LogP contribution in [0.5, 0.6) is 5.75 Å². The van der Waals surface area contributed by atoms with Crippen LogP contribution in [-0.4, -0.2) is 56.4 Å². The lowest BCUT2D eigenvalue weighted by Gasteiger charge is -2.29. The molecule has 3 rings (SSSR count). The molecule has 0 radical (unpaired) electrons. The second-order valence-electron chi connectivity index (χ2n) is 13.0. The molecule has 0 heterocycles. The molecule has 1 fully saturated rings. The fraction of sp³-hybridized carbons (Fsp3) is 0.561. The predicted molar refractivity (Wildman–Crippen MR) is 192 cm³/mol. The van der Waals surface area contributed by atoms with Gasteiger partial charge in [-0.15, -0.1) is 0 Å². The highest BCUT2D eigenvalue weighted by Gasteiger charge is 2.23. The number of esters is 4. The van der Waals surface area contributed by atoms with E-state index in [1.165, 1.54) is 5.56 Å². The van der Waals surface area contributed by atoms with Crippen LogP contribution in [0.25, 0.3) is 0 Å². The highest BCUT2D eigenvalue weighted by molar-refractivity contribution is 5.91. The summed E-state index contributed by atoms with van der Waals surface area (Å²) in [5.74, 6) is -0.102. The van der Waals surface area contributed by atoms with E-state index >= 15 is 0 Å². The number of unbranched alkanes of at least 4 members (excludes halogenated alkanes) is 7. The molecule has 0 atom stereocenters. The molecule has 0 amide bonds. The Morgan fingerprint density at radius 2 is 1.16 bits per heavy atom. The van der Waals surface area contributed by atoms with Crippen molar-refractivity contribution in [2.75, 3.05) is 26.4 Å². The van der Waals surface area contributed by atoms with Crippen molar-refractivity contribution < 1.29 is 42.9 Å². The average molecular weight is 693 g/mol. The molecule has 50 heavy (non-hydrogen) atoms. The maximum atomic E-state index is 12.4. The van der Waals surface area contributed by atoms with Crippen molar-refractivity contribution in [3.8, 4) is 5.75 Å². The summed E-state index contributed by atoms with van der Waals surface area (Å²) in [4.78, 5) is 47.1. The summed E-state index contributed by atoms with van der Waals surface area (Å²) in [6.07, 6.45) is 14.8. The molecule has 0 saturated heterocycles. The number of ether oxygens (including phenoxy) is 5. The highest BCUT2D eigenvalue weighted by Crippen LogP contribution is 2.35. The quantitative estimate of drug-likeness (QED) is 0.0350. The summed E-state index contributed by atoms with van der Waals surface area (Å²) in [6.45, 7) is 7.24. The van der Waals surface area contributed by atoms with Crippen LogP contribution in [-0.2, 0) is 33.3 Å². The standard InChI is InChI=1S/C41H56O9/c1-3-38(42)47-29-12-6-8-14-40(44)49-31-13-7-9-15-39(43)48-30-11-5-4-10-28-46-36-24-20-33(21-25-36)34-22-26-37(27-23-34)50-41(45)35-18-16-32(2)17-19-35/h3,16-19,22-23,26-27,33,36H,1,4-15,20-21,24-25,28-31H2,2H3. The number of carbonyl (C=O) groups is 4. The fourth-order valence-corrected chi connectivity index (χ4v) is 5.88. The van der Waals surface area contributed by atoms with Crippen LogP contribution in [0.3, 0.4) is 0 Å². The number of hydrogen-bond donors (Lipinski definition) is 0. The zero-order valence-electron chi connectivity index (χ0n) is 29.9. The summed E-state index contributed by atoms with van der Waals surface area (Å²) in [7, 11) is 0. The summed E-state index contributed by atoms with van der Waals surface area (Å²) >= 11 is 0. The summed E-state index contributed by atoms with van der Waals surface area (Å²) in [5.41, 5.74) is 2.93. The zero-order valence-corrected chi connectivity index (χ0v) is 29.9. The minimum Gasteiger partial charge on any atom is -0.466 e. The largest absolute Gasteiger partial charge is 0.466 e. The molecular weight excluding hydrogens is 636 g/mol. The van der Waals surface area contributed by atoms with Gasteiger partial charge < -0.3 is 23.7 Å². The topological polar surface area (TPSA) is 114 Å². The van der Waals surface area contributed by atoms with Gasteiger partial charge in [-0.25, -0.2) is 9.59 Å². The Labute approximate surface area is 298 Å². The maximum Gasteiger partial charge on any atom is 0.343 e. The molecule has 1 saturated carbocycles. The third-order valence-corrected chi connectivity index (χ3v) is 8.90. The van der Waals surface area contributed by atoms with E-state index in [9.17, 15) is 19.2 Å². The van der Waals surface area contributed by atoms with Gasteiger partial charge in [0.1, 0.15) is 5.75 Å². The Balaban J connectivity index is 1.09. The maximum absolute atomic E-state index is 12.4. The molecule has 1 aliphatic rings. The average Bonchev–Trinajstić information content (AvgIpc) is 3.13. The molecule has 2 aromatic rings. The molecule has 9 heteroatoms. The minimum atomic E-state index is -0.431. The smallest absolute Gasteiger partial charge is 0.343 e. The van der Waals surface area contributed by atoms with Crippen molar-refractivity contribution >= 4 is 23.9 Å². The van der Waals surface area contributed by atoms with Crippen LogP contribution in [0.15, 0.2) is 61.2 Å². The third kappa shape index (κ3) is 17.1. The van der Waals surface area contributed by atoms with E-state index < -0.39 is 5.97 Å². The van der Waals surface area contributed by atoms with E-state index in [4.69, 9.17) is 23.7 Å². The minimum absolute atomic E-state index is 0.169. The van der Waals surface area contributed by atoms with Crippen molar-refractivity contribution in [1.29, 1.82) is 0 Å².